The van der Waals surface area contributed by atoms with Gasteiger partial charge in [-0.05, 0) is 43.2 Å². The lowest BCUT2D eigenvalue weighted by Gasteiger charge is -2.07. The van der Waals surface area contributed by atoms with Crippen molar-refractivity contribution in [3.05, 3.63) is 47.3 Å². The molecule has 6 heteroatoms. The molecule has 0 N–H and O–H groups in total. The number of hydrogen-bond acceptors (Lipinski definition) is 4. The Morgan fingerprint density at radius 3 is 2.45 bits per heavy atom. The molecule has 1 aromatic heterocycles. The minimum atomic E-state index is -3.63. The van der Waals surface area contributed by atoms with Crippen LogP contribution in [0.3, 0.4) is 0 Å². The summed E-state index contributed by atoms with van der Waals surface area (Å²) in [7, 11) is -2.03. The van der Waals surface area contributed by atoms with Gasteiger partial charge in [0.15, 0.2) is 15.6 Å². The van der Waals surface area contributed by atoms with Crippen LogP contribution >= 0.6 is 0 Å². The summed E-state index contributed by atoms with van der Waals surface area (Å²) in [5.74, 6) is -1.00. The predicted molar refractivity (Wildman–Crippen MR) is 75.5 cm³/mol. The lowest BCUT2D eigenvalue weighted by atomic mass is 10.1. The van der Waals surface area contributed by atoms with Crippen LogP contribution < -0.4 is 0 Å². The third kappa shape index (κ3) is 2.80. The maximum absolute atomic E-state index is 12.3. The first-order valence-electron chi connectivity index (χ1n) is 6.12. The van der Waals surface area contributed by atoms with Crippen molar-refractivity contribution in [1.82, 2.24) is 9.78 Å². The maximum Gasteiger partial charge on any atom is 0.196 e. The average Bonchev–Trinajstić information content (AvgIpc) is 2.78. The normalized spacial score (nSPS) is 11.6. The SMILES string of the molecule is Cc1ccc(S(=O)(=O)CC(=O)c2ccnn2C)cc1C. The molecule has 0 aliphatic heterocycles. The number of hydrogen-bond donors (Lipinski definition) is 0. The van der Waals surface area contributed by atoms with Gasteiger partial charge in [0.1, 0.15) is 11.4 Å². The van der Waals surface area contributed by atoms with Crippen LogP contribution in [0.1, 0.15) is 21.6 Å². The van der Waals surface area contributed by atoms with E-state index < -0.39 is 21.4 Å². The van der Waals surface area contributed by atoms with E-state index in [0.717, 1.165) is 11.1 Å². The monoisotopic (exact) mass is 292 g/mol. The summed E-state index contributed by atoms with van der Waals surface area (Å²) in [6.07, 6.45) is 1.47. The van der Waals surface area contributed by atoms with Crippen LogP contribution in [-0.4, -0.2) is 29.7 Å². The molecule has 0 spiro atoms. The van der Waals surface area contributed by atoms with Crippen molar-refractivity contribution < 1.29 is 13.2 Å². The molecule has 0 amide bonds. The van der Waals surface area contributed by atoms with E-state index in [-0.39, 0.29) is 10.6 Å². The van der Waals surface area contributed by atoms with Gasteiger partial charge in [-0.15, -0.1) is 0 Å². The quantitative estimate of drug-likeness (QED) is 0.804. The first kappa shape index (κ1) is 14.5. The first-order valence-corrected chi connectivity index (χ1v) is 7.78. The summed E-state index contributed by atoms with van der Waals surface area (Å²) < 4.78 is 25.9. The molecule has 0 saturated heterocycles. The number of benzene rings is 1. The Morgan fingerprint density at radius 2 is 1.90 bits per heavy atom. The largest absolute Gasteiger partial charge is 0.291 e. The molecular weight excluding hydrogens is 276 g/mol. The molecule has 0 aliphatic carbocycles. The zero-order chi connectivity index (χ0) is 14.9. The smallest absolute Gasteiger partial charge is 0.196 e. The van der Waals surface area contributed by atoms with E-state index in [4.69, 9.17) is 0 Å². The van der Waals surface area contributed by atoms with Crippen molar-refractivity contribution in [2.45, 2.75) is 18.7 Å². The summed E-state index contributed by atoms with van der Waals surface area (Å²) in [5.41, 5.74) is 2.19. The van der Waals surface area contributed by atoms with Gasteiger partial charge in [-0.3, -0.25) is 9.48 Å². The molecule has 0 radical (unpaired) electrons. The molecule has 1 aromatic carbocycles. The van der Waals surface area contributed by atoms with Crippen LogP contribution in [0.2, 0.25) is 0 Å². The lowest BCUT2D eigenvalue weighted by Crippen LogP contribution is -2.19. The number of sulfone groups is 1. The molecule has 2 aromatic rings. The van der Waals surface area contributed by atoms with Gasteiger partial charge in [0.25, 0.3) is 0 Å². The summed E-state index contributed by atoms with van der Waals surface area (Å²) in [4.78, 5) is 12.2. The van der Waals surface area contributed by atoms with Gasteiger partial charge in [-0.1, -0.05) is 6.07 Å². The molecule has 0 unspecified atom stereocenters. The Balaban J connectivity index is 2.30. The van der Waals surface area contributed by atoms with Gasteiger partial charge in [-0.2, -0.15) is 5.10 Å². The number of aryl methyl sites for hydroxylation is 3. The fourth-order valence-electron chi connectivity index (χ4n) is 1.88. The van der Waals surface area contributed by atoms with E-state index in [2.05, 4.69) is 5.10 Å². The van der Waals surface area contributed by atoms with Gasteiger partial charge >= 0.3 is 0 Å². The third-order valence-corrected chi connectivity index (χ3v) is 4.88. The Morgan fingerprint density at radius 1 is 1.20 bits per heavy atom. The fraction of sp³-hybridized carbons (Fsp3) is 0.286. The van der Waals surface area contributed by atoms with E-state index in [1.54, 1.807) is 19.2 Å². The van der Waals surface area contributed by atoms with E-state index in [9.17, 15) is 13.2 Å². The second kappa shape index (κ2) is 5.20. The predicted octanol–water partition coefficient (Wildman–Crippen LogP) is 1.69. The molecule has 106 valence electrons. The van der Waals surface area contributed by atoms with Crippen molar-refractivity contribution in [1.29, 1.82) is 0 Å². The van der Waals surface area contributed by atoms with Crippen LogP contribution in [0, 0.1) is 13.8 Å². The van der Waals surface area contributed by atoms with Crippen molar-refractivity contribution in [3.8, 4) is 0 Å². The number of carbonyl (C=O) groups excluding carboxylic acids is 1. The Kier molecular flexibility index (Phi) is 3.76. The molecule has 1 heterocycles. The highest BCUT2D eigenvalue weighted by Crippen LogP contribution is 2.17. The van der Waals surface area contributed by atoms with Crippen molar-refractivity contribution in [3.63, 3.8) is 0 Å². The highest BCUT2D eigenvalue weighted by Gasteiger charge is 2.22. The number of carbonyl (C=O) groups is 1. The maximum atomic E-state index is 12.3. The van der Waals surface area contributed by atoms with E-state index in [1.807, 2.05) is 13.8 Å². The average molecular weight is 292 g/mol. The Labute approximate surface area is 118 Å². The summed E-state index contributed by atoms with van der Waals surface area (Å²) in [6.45, 7) is 3.75. The topological polar surface area (TPSA) is 69.0 Å². The van der Waals surface area contributed by atoms with Crippen LogP contribution in [0.5, 0.6) is 0 Å². The van der Waals surface area contributed by atoms with Gasteiger partial charge in [0, 0.05) is 13.2 Å². The number of ketones is 1. The van der Waals surface area contributed by atoms with E-state index in [0.29, 0.717) is 0 Å². The minimum absolute atomic E-state index is 0.177. The van der Waals surface area contributed by atoms with Gasteiger partial charge in [-0.25, -0.2) is 8.42 Å². The van der Waals surface area contributed by atoms with Crippen molar-refractivity contribution >= 4 is 15.6 Å². The molecule has 0 atom stereocenters. The fourth-order valence-corrected chi connectivity index (χ4v) is 3.18. The molecular formula is C14H16N2O3S. The second-order valence-corrected chi connectivity index (χ2v) is 6.76. The number of rotatable bonds is 4. The van der Waals surface area contributed by atoms with Gasteiger partial charge < -0.3 is 0 Å². The molecule has 0 fully saturated rings. The van der Waals surface area contributed by atoms with Crippen LogP contribution in [0.4, 0.5) is 0 Å². The highest BCUT2D eigenvalue weighted by atomic mass is 32.2. The van der Waals surface area contributed by atoms with Crippen molar-refractivity contribution in [2.24, 2.45) is 7.05 Å². The highest BCUT2D eigenvalue weighted by molar-refractivity contribution is 7.92. The van der Waals surface area contributed by atoms with Crippen LogP contribution in [0.15, 0.2) is 35.4 Å². The first-order chi connectivity index (χ1) is 9.31. The third-order valence-electron chi connectivity index (χ3n) is 3.27. The zero-order valence-corrected chi connectivity index (χ0v) is 12.4. The molecule has 0 bridgehead atoms. The summed E-state index contributed by atoms with van der Waals surface area (Å²) in [5, 5.41) is 3.87. The van der Waals surface area contributed by atoms with Crippen LogP contribution in [0.25, 0.3) is 0 Å². The molecule has 2 rings (SSSR count). The van der Waals surface area contributed by atoms with Gasteiger partial charge in [0.2, 0.25) is 0 Å². The number of nitrogens with zero attached hydrogens (tertiary/aromatic N) is 2. The van der Waals surface area contributed by atoms with E-state index >= 15 is 0 Å². The molecule has 5 nitrogen and oxygen atoms in total. The van der Waals surface area contributed by atoms with Gasteiger partial charge in [0.05, 0.1) is 4.90 Å². The summed E-state index contributed by atoms with van der Waals surface area (Å²) >= 11 is 0. The Bertz CT molecular complexity index is 760. The Hall–Kier alpha value is -1.95. The minimum Gasteiger partial charge on any atom is -0.291 e. The molecule has 0 saturated carbocycles. The standard InChI is InChI=1S/C14H16N2O3S/c1-10-4-5-12(8-11(10)2)20(18,19)9-14(17)13-6-7-15-16(13)3/h4-8H,9H2,1-3H3. The lowest BCUT2D eigenvalue weighted by molar-refractivity contribution is 0.101. The molecule has 0 aliphatic rings. The number of Topliss-reactive ketones (excluding diaryl/α,β-unsaturated/α-hetero) is 1. The summed E-state index contributed by atoms with van der Waals surface area (Å²) in [6, 6.07) is 6.39. The number of aromatic nitrogens is 2. The second-order valence-electron chi connectivity index (χ2n) is 4.77. The zero-order valence-electron chi connectivity index (χ0n) is 11.6. The van der Waals surface area contributed by atoms with Crippen LogP contribution in [-0.2, 0) is 16.9 Å². The molecule has 20 heavy (non-hydrogen) atoms. The van der Waals surface area contributed by atoms with Crippen molar-refractivity contribution in [2.75, 3.05) is 5.75 Å². The van der Waals surface area contributed by atoms with E-state index in [1.165, 1.54) is 23.0 Å².